The van der Waals surface area contributed by atoms with Crippen LogP contribution in [0.2, 0.25) is 0 Å². The smallest absolute Gasteiger partial charge is 0.227 e. The number of ether oxygens (including phenoxy) is 1. The van der Waals surface area contributed by atoms with Crippen molar-refractivity contribution in [1.82, 2.24) is 4.98 Å². The average molecular weight is 222 g/mol. The summed E-state index contributed by atoms with van der Waals surface area (Å²) in [5.41, 5.74) is 5.02. The van der Waals surface area contributed by atoms with Crippen LogP contribution in [-0.4, -0.2) is 27.7 Å². The van der Waals surface area contributed by atoms with Crippen molar-refractivity contribution in [2.75, 3.05) is 0 Å². The van der Waals surface area contributed by atoms with Crippen molar-refractivity contribution >= 4 is 5.91 Å². The molecule has 5 nitrogen and oxygen atoms in total. The number of aromatic nitrogens is 1. The van der Waals surface area contributed by atoms with Crippen molar-refractivity contribution in [2.24, 2.45) is 5.73 Å². The first kappa shape index (κ1) is 10.9. The third-order valence-electron chi connectivity index (χ3n) is 2.85. The lowest BCUT2D eigenvalue weighted by atomic mass is 9.82. The molecule has 1 aromatic heterocycles. The molecule has 3 N–H and O–H groups in total. The fourth-order valence-electron chi connectivity index (χ4n) is 1.94. The van der Waals surface area contributed by atoms with Gasteiger partial charge in [-0.1, -0.05) is 0 Å². The van der Waals surface area contributed by atoms with Gasteiger partial charge in [-0.25, -0.2) is 0 Å². The third kappa shape index (κ3) is 1.53. The molecular formula is C11H14N2O3. The Hall–Kier alpha value is -1.62. The minimum absolute atomic E-state index is 0.543. The zero-order chi connectivity index (χ0) is 11.9. The monoisotopic (exact) mass is 222 g/mol. The maximum atomic E-state index is 11.4. The Kier molecular flexibility index (Phi) is 2.35. The molecule has 1 amide bonds. The number of carbonyl (C=O) groups excluding carboxylic acids is 1. The van der Waals surface area contributed by atoms with Gasteiger partial charge in [-0.05, 0) is 19.9 Å². The van der Waals surface area contributed by atoms with Crippen molar-refractivity contribution in [3.63, 3.8) is 0 Å². The average Bonchev–Trinajstić information content (AvgIpc) is 2.18. The van der Waals surface area contributed by atoms with Gasteiger partial charge < -0.3 is 15.6 Å². The molecular weight excluding hydrogens is 208 g/mol. The quantitative estimate of drug-likeness (QED) is 0.710. The first-order chi connectivity index (χ1) is 7.43. The van der Waals surface area contributed by atoms with E-state index < -0.39 is 23.5 Å². The summed E-state index contributed by atoms with van der Waals surface area (Å²) < 4.78 is 5.61. The molecule has 1 aromatic rings. The van der Waals surface area contributed by atoms with Crippen LogP contribution in [0.3, 0.4) is 0 Å². The minimum atomic E-state index is -0.971. The summed E-state index contributed by atoms with van der Waals surface area (Å²) in [6.07, 6.45) is 2.11. The van der Waals surface area contributed by atoms with Crippen molar-refractivity contribution in [1.29, 1.82) is 0 Å². The molecule has 5 heteroatoms. The Morgan fingerprint density at radius 3 is 2.94 bits per heavy atom. The van der Waals surface area contributed by atoms with E-state index in [-0.39, 0.29) is 0 Å². The third-order valence-corrected chi connectivity index (χ3v) is 2.85. The molecule has 0 saturated heterocycles. The second-order valence-corrected chi connectivity index (χ2v) is 4.44. The molecule has 0 saturated carbocycles. The van der Waals surface area contributed by atoms with Crippen molar-refractivity contribution < 1.29 is 14.6 Å². The predicted molar refractivity (Wildman–Crippen MR) is 56.9 cm³/mol. The van der Waals surface area contributed by atoms with Crippen LogP contribution >= 0.6 is 0 Å². The number of aliphatic hydroxyl groups excluding tert-OH is 1. The SMILES string of the molecule is CC1(C)Oc2ccncc2C(C(N)=O)C1O. The van der Waals surface area contributed by atoms with Gasteiger partial charge in [-0.3, -0.25) is 9.78 Å². The predicted octanol–water partition coefficient (Wildman–Crippen LogP) is 0.182. The van der Waals surface area contributed by atoms with Crippen LogP contribution in [0.5, 0.6) is 5.75 Å². The van der Waals surface area contributed by atoms with E-state index in [1.165, 1.54) is 6.20 Å². The van der Waals surface area contributed by atoms with E-state index in [1.807, 2.05) is 0 Å². The molecule has 1 aliphatic rings. The van der Waals surface area contributed by atoms with Crippen LogP contribution in [0.15, 0.2) is 18.5 Å². The standard InChI is InChI=1S/C11H14N2O3/c1-11(2)9(14)8(10(12)15)6-5-13-4-3-7(6)16-11/h3-5,8-9,14H,1-2H3,(H2,12,15). The minimum Gasteiger partial charge on any atom is -0.485 e. The number of primary amides is 1. The molecule has 2 heterocycles. The Morgan fingerprint density at radius 1 is 1.62 bits per heavy atom. The molecule has 0 aliphatic carbocycles. The maximum absolute atomic E-state index is 11.4. The molecule has 0 bridgehead atoms. The number of nitrogens with two attached hydrogens (primary N) is 1. The number of carbonyl (C=O) groups is 1. The highest BCUT2D eigenvalue weighted by Gasteiger charge is 2.45. The lowest BCUT2D eigenvalue weighted by Gasteiger charge is -2.40. The van der Waals surface area contributed by atoms with E-state index in [2.05, 4.69) is 4.98 Å². The highest BCUT2D eigenvalue weighted by molar-refractivity contribution is 5.84. The van der Waals surface area contributed by atoms with Gasteiger partial charge in [-0.15, -0.1) is 0 Å². The van der Waals surface area contributed by atoms with Gasteiger partial charge in [-0.2, -0.15) is 0 Å². The fourth-order valence-corrected chi connectivity index (χ4v) is 1.94. The maximum Gasteiger partial charge on any atom is 0.227 e. The first-order valence-corrected chi connectivity index (χ1v) is 5.04. The number of nitrogens with zero attached hydrogens (tertiary/aromatic N) is 1. The molecule has 0 radical (unpaired) electrons. The van der Waals surface area contributed by atoms with Crippen LogP contribution in [0, 0.1) is 0 Å². The normalized spacial score (nSPS) is 26.7. The van der Waals surface area contributed by atoms with E-state index >= 15 is 0 Å². The van der Waals surface area contributed by atoms with E-state index in [0.29, 0.717) is 11.3 Å². The second kappa shape index (κ2) is 3.45. The highest BCUT2D eigenvalue weighted by Crippen LogP contribution is 2.40. The molecule has 86 valence electrons. The summed E-state index contributed by atoms with van der Waals surface area (Å²) in [7, 11) is 0. The van der Waals surface area contributed by atoms with Crippen LogP contribution in [0.1, 0.15) is 25.3 Å². The number of rotatable bonds is 1. The zero-order valence-corrected chi connectivity index (χ0v) is 9.18. The molecule has 0 aromatic carbocycles. The second-order valence-electron chi connectivity index (χ2n) is 4.44. The van der Waals surface area contributed by atoms with E-state index in [1.54, 1.807) is 26.1 Å². The summed E-state index contributed by atoms with van der Waals surface area (Å²) >= 11 is 0. The molecule has 16 heavy (non-hydrogen) atoms. The highest BCUT2D eigenvalue weighted by atomic mass is 16.5. The number of fused-ring (bicyclic) bond motifs is 1. The lowest BCUT2D eigenvalue weighted by Crippen LogP contribution is -2.52. The number of aliphatic hydroxyl groups is 1. The van der Waals surface area contributed by atoms with Gasteiger partial charge >= 0.3 is 0 Å². The lowest BCUT2D eigenvalue weighted by molar-refractivity contribution is -0.129. The van der Waals surface area contributed by atoms with Crippen LogP contribution in [-0.2, 0) is 4.79 Å². The summed E-state index contributed by atoms with van der Waals surface area (Å²) in [5, 5.41) is 10.1. The Balaban J connectivity index is 2.55. The Morgan fingerprint density at radius 2 is 2.31 bits per heavy atom. The summed E-state index contributed by atoms with van der Waals surface area (Å²) in [4.78, 5) is 15.3. The Bertz CT molecular complexity index is 431. The van der Waals surface area contributed by atoms with Gasteiger partial charge in [0.2, 0.25) is 5.91 Å². The molecule has 2 unspecified atom stereocenters. The first-order valence-electron chi connectivity index (χ1n) is 5.04. The summed E-state index contributed by atoms with van der Waals surface area (Å²) in [5.74, 6) is -0.792. The van der Waals surface area contributed by atoms with E-state index in [9.17, 15) is 9.90 Å². The number of pyridine rings is 1. The van der Waals surface area contributed by atoms with Gasteiger partial charge in [0.05, 0.1) is 5.92 Å². The van der Waals surface area contributed by atoms with Crippen LogP contribution < -0.4 is 10.5 Å². The van der Waals surface area contributed by atoms with E-state index in [4.69, 9.17) is 10.5 Å². The van der Waals surface area contributed by atoms with Crippen molar-refractivity contribution in [2.45, 2.75) is 31.5 Å². The van der Waals surface area contributed by atoms with Gasteiger partial charge in [0.25, 0.3) is 0 Å². The van der Waals surface area contributed by atoms with Gasteiger partial charge in [0, 0.05) is 18.0 Å². The molecule has 2 atom stereocenters. The van der Waals surface area contributed by atoms with Crippen LogP contribution in [0.4, 0.5) is 0 Å². The summed E-state index contributed by atoms with van der Waals surface area (Å²) in [6, 6.07) is 1.67. The number of amides is 1. The molecule has 0 fully saturated rings. The van der Waals surface area contributed by atoms with E-state index in [0.717, 1.165) is 0 Å². The van der Waals surface area contributed by atoms with Gasteiger partial charge in [0.15, 0.2) is 0 Å². The largest absolute Gasteiger partial charge is 0.485 e. The summed E-state index contributed by atoms with van der Waals surface area (Å²) in [6.45, 7) is 3.44. The van der Waals surface area contributed by atoms with Gasteiger partial charge in [0.1, 0.15) is 17.5 Å². The zero-order valence-electron chi connectivity index (χ0n) is 9.18. The number of hydrogen-bond donors (Lipinski definition) is 2. The molecule has 0 spiro atoms. The molecule has 2 rings (SSSR count). The Labute approximate surface area is 93.2 Å². The van der Waals surface area contributed by atoms with Crippen LogP contribution in [0.25, 0.3) is 0 Å². The van der Waals surface area contributed by atoms with Crippen molar-refractivity contribution in [3.05, 3.63) is 24.0 Å². The van der Waals surface area contributed by atoms with Crippen molar-refractivity contribution in [3.8, 4) is 5.75 Å². The number of hydrogen-bond acceptors (Lipinski definition) is 4. The molecule has 1 aliphatic heterocycles. The fraction of sp³-hybridized carbons (Fsp3) is 0.455. The topological polar surface area (TPSA) is 85.4 Å².